The van der Waals surface area contributed by atoms with Crippen molar-refractivity contribution in [3.8, 4) is 0 Å². The molecule has 0 aromatic heterocycles. The summed E-state index contributed by atoms with van der Waals surface area (Å²) in [5.74, 6) is -3.14. The van der Waals surface area contributed by atoms with E-state index in [0.717, 1.165) is 6.42 Å². The number of allylic oxidation sites excluding steroid dienone is 4. The zero-order valence-corrected chi connectivity index (χ0v) is 21.0. The smallest absolute Gasteiger partial charge is 0.305 e. The first kappa shape index (κ1) is 29.6. The highest BCUT2D eigenvalue weighted by molar-refractivity contribution is 6.43. The summed E-state index contributed by atoms with van der Waals surface area (Å²) in [4.78, 5) is 47.8. The van der Waals surface area contributed by atoms with Crippen LogP contribution in [0.3, 0.4) is 0 Å². The van der Waals surface area contributed by atoms with Gasteiger partial charge in [0, 0.05) is 26.7 Å². The van der Waals surface area contributed by atoms with Gasteiger partial charge in [0.25, 0.3) is 0 Å². The number of rotatable bonds is 14. The van der Waals surface area contributed by atoms with Gasteiger partial charge in [0.1, 0.15) is 12.2 Å². The second-order valence-corrected chi connectivity index (χ2v) is 8.60. The van der Waals surface area contributed by atoms with Crippen molar-refractivity contribution in [2.45, 2.75) is 83.5 Å². The standard InChI is InChI=1S/C25H35ClO8/c1-5-6-7-8-9-10-14-25(31)16-20(26)24(30)19(25)15-22(34-18(3)28)21(33-17(2)27)12-11-13-23(29)32-4/h6-7,9-10,16,19,21-22,31H,5,8,11-15H2,1-4H3/b7-6-,10-9-/t19-,21-,22-,25+/m0/s1. The minimum absolute atomic E-state index is 0.0814. The average Bonchev–Trinajstić information content (AvgIpc) is 2.97. The summed E-state index contributed by atoms with van der Waals surface area (Å²) in [7, 11) is 1.27. The quantitative estimate of drug-likeness (QED) is 0.217. The van der Waals surface area contributed by atoms with Gasteiger partial charge in [-0.15, -0.1) is 0 Å². The van der Waals surface area contributed by atoms with Gasteiger partial charge in [0.05, 0.1) is 23.7 Å². The number of hydrogen-bond donors (Lipinski definition) is 1. The molecule has 0 fully saturated rings. The van der Waals surface area contributed by atoms with E-state index in [4.69, 9.17) is 21.1 Å². The number of esters is 3. The van der Waals surface area contributed by atoms with Gasteiger partial charge in [-0.2, -0.15) is 0 Å². The van der Waals surface area contributed by atoms with Gasteiger partial charge < -0.3 is 19.3 Å². The Balaban J connectivity index is 3.08. The van der Waals surface area contributed by atoms with Crippen LogP contribution in [0, 0.1) is 5.92 Å². The first-order valence-corrected chi connectivity index (χ1v) is 11.8. The number of carbonyl (C=O) groups is 4. The van der Waals surface area contributed by atoms with Gasteiger partial charge in [-0.3, -0.25) is 19.2 Å². The van der Waals surface area contributed by atoms with Gasteiger partial charge in [0.15, 0.2) is 5.78 Å². The minimum atomic E-state index is -1.58. The fourth-order valence-electron chi connectivity index (χ4n) is 3.81. The third-order valence-electron chi connectivity index (χ3n) is 5.43. The Morgan fingerprint density at radius 3 is 2.32 bits per heavy atom. The summed E-state index contributed by atoms with van der Waals surface area (Å²) >= 11 is 6.08. The third-order valence-corrected chi connectivity index (χ3v) is 5.73. The number of halogens is 1. The molecule has 0 heterocycles. The zero-order valence-electron chi connectivity index (χ0n) is 20.3. The van der Waals surface area contributed by atoms with Crippen molar-refractivity contribution < 1.29 is 38.5 Å². The molecule has 1 aliphatic carbocycles. The van der Waals surface area contributed by atoms with Crippen LogP contribution in [0.5, 0.6) is 0 Å². The van der Waals surface area contributed by atoms with Crippen LogP contribution in [0.25, 0.3) is 0 Å². The second-order valence-electron chi connectivity index (χ2n) is 8.19. The second kappa shape index (κ2) is 14.7. The first-order chi connectivity index (χ1) is 16.0. The van der Waals surface area contributed by atoms with Crippen molar-refractivity contribution in [3.05, 3.63) is 35.4 Å². The zero-order chi connectivity index (χ0) is 25.7. The Labute approximate surface area is 206 Å². The number of Topliss-reactive ketones (excluding diaryl/α,β-unsaturated/α-hetero) is 1. The largest absolute Gasteiger partial charge is 0.469 e. The predicted octanol–water partition coefficient (Wildman–Crippen LogP) is 3.94. The number of ketones is 1. The van der Waals surface area contributed by atoms with Crippen molar-refractivity contribution in [1.82, 2.24) is 0 Å². The summed E-state index contributed by atoms with van der Waals surface area (Å²) in [5.41, 5.74) is -1.58. The molecule has 4 atom stereocenters. The number of methoxy groups -OCH3 is 1. The highest BCUT2D eigenvalue weighted by atomic mass is 35.5. The monoisotopic (exact) mass is 498 g/mol. The molecular weight excluding hydrogens is 464 g/mol. The molecule has 0 aromatic carbocycles. The van der Waals surface area contributed by atoms with Crippen molar-refractivity contribution in [2.75, 3.05) is 7.11 Å². The van der Waals surface area contributed by atoms with Crippen molar-refractivity contribution in [1.29, 1.82) is 0 Å². The third kappa shape index (κ3) is 9.81. The molecule has 1 rings (SSSR count). The summed E-state index contributed by atoms with van der Waals surface area (Å²) in [6, 6.07) is 0. The van der Waals surface area contributed by atoms with Crippen LogP contribution in [-0.2, 0) is 33.4 Å². The molecular formula is C25H35ClO8. The van der Waals surface area contributed by atoms with E-state index in [-0.39, 0.29) is 30.7 Å². The highest BCUT2D eigenvalue weighted by Gasteiger charge is 2.48. The van der Waals surface area contributed by atoms with Crippen molar-refractivity contribution in [3.63, 3.8) is 0 Å². The van der Waals surface area contributed by atoms with E-state index in [9.17, 15) is 24.3 Å². The lowest BCUT2D eigenvalue weighted by atomic mass is 9.81. The molecule has 0 radical (unpaired) electrons. The topological polar surface area (TPSA) is 116 Å². The predicted molar refractivity (Wildman–Crippen MR) is 127 cm³/mol. The molecule has 9 heteroatoms. The maximum Gasteiger partial charge on any atom is 0.305 e. The van der Waals surface area contributed by atoms with Gasteiger partial charge in [-0.25, -0.2) is 0 Å². The van der Waals surface area contributed by atoms with E-state index in [1.54, 1.807) is 6.08 Å². The SMILES string of the molecule is CC/C=C\C/C=C\C[C@@]1(O)C=C(Cl)C(=O)[C@@H]1C[C@H](OC(C)=O)[C@H](CCCC(=O)OC)OC(C)=O. The number of carbonyl (C=O) groups excluding carboxylic acids is 4. The van der Waals surface area contributed by atoms with Crippen LogP contribution in [0.15, 0.2) is 35.4 Å². The molecule has 8 nitrogen and oxygen atoms in total. The molecule has 0 aromatic rings. The summed E-state index contributed by atoms with van der Waals surface area (Å²) in [5, 5.41) is 11.2. The molecule has 190 valence electrons. The van der Waals surface area contributed by atoms with E-state index in [0.29, 0.717) is 12.8 Å². The molecule has 0 bridgehead atoms. The summed E-state index contributed by atoms with van der Waals surface area (Å²) < 4.78 is 15.4. The molecule has 34 heavy (non-hydrogen) atoms. The van der Waals surface area contributed by atoms with Crippen LogP contribution in [0.2, 0.25) is 0 Å². The van der Waals surface area contributed by atoms with Crippen molar-refractivity contribution in [2.24, 2.45) is 5.92 Å². The van der Waals surface area contributed by atoms with Gasteiger partial charge in [0.2, 0.25) is 0 Å². The minimum Gasteiger partial charge on any atom is -0.469 e. The number of ether oxygens (including phenoxy) is 3. The Bertz CT molecular complexity index is 816. The van der Waals surface area contributed by atoms with Crippen LogP contribution in [0.1, 0.15) is 65.7 Å². The summed E-state index contributed by atoms with van der Waals surface area (Å²) in [6.07, 6.45) is 9.25. The molecule has 0 aliphatic heterocycles. The summed E-state index contributed by atoms with van der Waals surface area (Å²) in [6.45, 7) is 4.45. The molecule has 0 saturated carbocycles. The lowest BCUT2D eigenvalue weighted by molar-refractivity contribution is -0.169. The van der Waals surface area contributed by atoms with E-state index in [1.165, 1.54) is 27.0 Å². The fourth-order valence-corrected chi connectivity index (χ4v) is 4.13. The Kier molecular flexibility index (Phi) is 12.8. The molecule has 1 aliphatic rings. The number of hydrogen-bond acceptors (Lipinski definition) is 8. The lowest BCUT2D eigenvalue weighted by Gasteiger charge is -2.33. The molecule has 1 N–H and O–H groups in total. The van der Waals surface area contributed by atoms with Crippen LogP contribution in [0.4, 0.5) is 0 Å². The molecule has 0 saturated heterocycles. The first-order valence-electron chi connectivity index (χ1n) is 11.4. The maximum atomic E-state index is 12.8. The van der Waals surface area contributed by atoms with Crippen LogP contribution < -0.4 is 0 Å². The average molecular weight is 499 g/mol. The molecule has 0 unspecified atom stereocenters. The van der Waals surface area contributed by atoms with Gasteiger partial charge >= 0.3 is 17.9 Å². The highest BCUT2D eigenvalue weighted by Crippen LogP contribution is 2.40. The normalized spacial score (nSPS) is 22.0. The Morgan fingerprint density at radius 2 is 1.74 bits per heavy atom. The fraction of sp³-hybridized carbons (Fsp3) is 0.600. The van der Waals surface area contributed by atoms with Gasteiger partial charge in [-0.05, 0) is 38.2 Å². The molecule has 0 spiro atoms. The maximum absolute atomic E-state index is 12.8. The number of aliphatic hydroxyl groups is 1. The Hall–Kier alpha value is -2.45. The van der Waals surface area contributed by atoms with Crippen LogP contribution >= 0.6 is 11.6 Å². The van der Waals surface area contributed by atoms with Crippen molar-refractivity contribution >= 4 is 35.3 Å². The van der Waals surface area contributed by atoms with E-state index >= 15 is 0 Å². The van der Waals surface area contributed by atoms with Gasteiger partial charge in [-0.1, -0.05) is 42.8 Å². The Morgan fingerprint density at radius 1 is 1.12 bits per heavy atom. The molecule has 0 amide bonds. The van der Waals surface area contributed by atoms with E-state index < -0.39 is 47.4 Å². The van der Waals surface area contributed by atoms with Crippen LogP contribution in [-0.4, -0.2) is 53.7 Å². The lowest BCUT2D eigenvalue weighted by Crippen LogP contribution is -2.43. The van der Waals surface area contributed by atoms with E-state index in [1.807, 2.05) is 25.2 Å². The van der Waals surface area contributed by atoms with E-state index in [2.05, 4.69) is 4.74 Å².